The molecule has 0 unspecified atom stereocenters. The molecule has 4 amide bonds. The summed E-state index contributed by atoms with van der Waals surface area (Å²) in [5, 5.41) is 3.39. The lowest BCUT2D eigenvalue weighted by atomic mass is 10.1. The number of nitrogens with one attached hydrogen (secondary N) is 1. The molecular formula is C29H24Cl4N2O6. The molecule has 0 aliphatic carbocycles. The lowest BCUT2D eigenvalue weighted by Crippen LogP contribution is -2.53. The van der Waals surface area contributed by atoms with Crippen molar-refractivity contribution in [3.63, 3.8) is 0 Å². The van der Waals surface area contributed by atoms with Crippen LogP contribution in [0.15, 0.2) is 54.1 Å². The Bertz CT molecular complexity index is 1520. The third-order valence-electron chi connectivity index (χ3n) is 5.93. The molecule has 12 heteroatoms. The van der Waals surface area contributed by atoms with E-state index in [1.165, 1.54) is 25.3 Å². The van der Waals surface area contributed by atoms with E-state index in [0.717, 1.165) is 11.3 Å². The van der Waals surface area contributed by atoms with Crippen LogP contribution in [-0.2, 0) is 22.7 Å². The van der Waals surface area contributed by atoms with Crippen molar-refractivity contribution in [2.45, 2.75) is 26.5 Å². The Balaban J connectivity index is 1.54. The van der Waals surface area contributed by atoms with Gasteiger partial charge in [-0.1, -0.05) is 65.5 Å². The first kappa shape index (κ1) is 30.5. The smallest absolute Gasteiger partial charge is 0.331 e. The van der Waals surface area contributed by atoms with Crippen molar-refractivity contribution in [2.24, 2.45) is 0 Å². The minimum Gasteiger partial charge on any atom is -0.493 e. The normalized spacial score (nSPS) is 14.3. The number of ether oxygens (including phenoxy) is 3. The van der Waals surface area contributed by atoms with Gasteiger partial charge in [-0.25, -0.2) is 4.79 Å². The average molecular weight is 638 g/mol. The number of carbonyl (C=O) groups is 3. The molecule has 1 fully saturated rings. The number of hydrogen-bond acceptors (Lipinski definition) is 6. The molecule has 1 aliphatic rings. The lowest BCUT2D eigenvalue weighted by Gasteiger charge is -2.26. The Labute approximate surface area is 256 Å². The highest BCUT2D eigenvalue weighted by atomic mass is 35.5. The third-order valence-corrected chi connectivity index (χ3v) is 7.08. The monoisotopic (exact) mass is 636 g/mol. The van der Waals surface area contributed by atoms with E-state index in [9.17, 15) is 14.4 Å². The summed E-state index contributed by atoms with van der Waals surface area (Å²) in [6.07, 6.45) is 2.12. The van der Waals surface area contributed by atoms with Crippen LogP contribution in [0, 0.1) is 0 Å². The van der Waals surface area contributed by atoms with Crippen LogP contribution in [-0.4, -0.2) is 36.5 Å². The van der Waals surface area contributed by atoms with E-state index in [1.54, 1.807) is 36.4 Å². The molecule has 0 bridgehead atoms. The number of halogens is 4. The topological polar surface area (TPSA) is 94.2 Å². The van der Waals surface area contributed by atoms with E-state index in [1.807, 2.05) is 6.92 Å². The number of barbiturate groups is 1. The molecule has 0 radical (unpaired) electrons. The highest BCUT2D eigenvalue weighted by Crippen LogP contribution is 2.36. The van der Waals surface area contributed by atoms with Crippen LogP contribution in [0.3, 0.4) is 0 Å². The zero-order valence-corrected chi connectivity index (χ0v) is 25.0. The minimum absolute atomic E-state index is 0.0737. The zero-order chi connectivity index (χ0) is 29.7. The molecule has 214 valence electrons. The fourth-order valence-electron chi connectivity index (χ4n) is 3.92. The molecule has 0 saturated carbocycles. The Morgan fingerprint density at radius 1 is 0.878 bits per heavy atom. The number of hydrogen-bond donors (Lipinski definition) is 1. The van der Waals surface area contributed by atoms with Gasteiger partial charge in [0.1, 0.15) is 12.2 Å². The number of nitrogens with zero attached hydrogens (tertiary/aromatic N) is 1. The summed E-state index contributed by atoms with van der Waals surface area (Å²) in [6.45, 7) is 2.46. The van der Waals surface area contributed by atoms with Gasteiger partial charge in [0.15, 0.2) is 17.2 Å². The van der Waals surface area contributed by atoms with E-state index in [4.69, 9.17) is 60.6 Å². The number of benzene rings is 3. The van der Waals surface area contributed by atoms with Crippen LogP contribution in [0.2, 0.25) is 20.1 Å². The van der Waals surface area contributed by atoms with E-state index in [0.29, 0.717) is 44.8 Å². The summed E-state index contributed by atoms with van der Waals surface area (Å²) in [4.78, 5) is 39.4. The maximum absolute atomic E-state index is 13.3. The van der Waals surface area contributed by atoms with Gasteiger partial charge in [0, 0.05) is 15.6 Å². The van der Waals surface area contributed by atoms with Crippen molar-refractivity contribution >= 4 is 70.3 Å². The molecule has 1 N–H and O–H groups in total. The van der Waals surface area contributed by atoms with Gasteiger partial charge in [-0.2, -0.15) is 0 Å². The Hall–Kier alpha value is -3.43. The van der Waals surface area contributed by atoms with Gasteiger partial charge in [-0.3, -0.25) is 19.8 Å². The third kappa shape index (κ3) is 7.26. The summed E-state index contributed by atoms with van der Waals surface area (Å²) in [6, 6.07) is 12.2. The van der Waals surface area contributed by atoms with E-state index >= 15 is 0 Å². The van der Waals surface area contributed by atoms with Gasteiger partial charge >= 0.3 is 6.03 Å². The maximum atomic E-state index is 13.3. The first-order valence-corrected chi connectivity index (χ1v) is 13.9. The minimum atomic E-state index is -0.845. The molecule has 0 spiro atoms. The maximum Gasteiger partial charge on any atom is 0.331 e. The quantitative estimate of drug-likeness (QED) is 0.185. The average Bonchev–Trinajstić information content (AvgIpc) is 2.93. The predicted molar refractivity (Wildman–Crippen MR) is 158 cm³/mol. The van der Waals surface area contributed by atoms with Crippen LogP contribution in [0.5, 0.6) is 17.2 Å². The lowest BCUT2D eigenvalue weighted by molar-refractivity contribution is -0.130. The van der Waals surface area contributed by atoms with Gasteiger partial charge in [-0.15, -0.1) is 0 Å². The molecule has 4 rings (SSSR count). The van der Waals surface area contributed by atoms with Gasteiger partial charge in [0.25, 0.3) is 11.8 Å². The van der Waals surface area contributed by atoms with Crippen LogP contribution >= 0.6 is 46.4 Å². The van der Waals surface area contributed by atoms with Crippen molar-refractivity contribution in [3.05, 3.63) is 90.9 Å². The standard InChI is InChI=1S/C29H24Cl4N2O6/c1-3-8-40-24-7-4-16(12-25(24)39-2)14-35-28(37)20(27(36)34-29(35)38)9-17-10-22(32)26(23(33)11-17)41-15-18-5-6-19(30)13-21(18)31/h4-7,9-13H,3,8,14-15H2,1-2H3,(H,34,36,38)/b20-9+. The fraction of sp³-hybridized carbons (Fsp3) is 0.207. The molecule has 3 aromatic carbocycles. The summed E-state index contributed by atoms with van der Waals surface area (Å²) in [5.41, 5.74) is 1.35. The number of carbonyl (C=O) groups excluding carboxylic acids is 3. The second-order valence-electron chi connectivity index (χ2n) is 8.88. The van der Waals surface area contributed by atoms with Crippen LogP contribution in [0.1, 0.15) is 30.0 Å². The van der Waals surface area contributed by atoms with Gasteiger partial charge < -0.3 is 14.2 Å². The summed E-state index contributed by atoms with van der Waals surface area (Å²) >= 11 is 25.0. The van der Waals surface area contributed by atoms with Gasteiger partial charge in [0.2, 0.25) is 0 Å². The molecule has 8 nitrogen and oxygen atoms in total. The van der Waals surface area contributed by atoms with Crippen LogP contribution < -0.4 is 19.5 Å². The van der Waals surface area contributed by atoms with Crippen LogP contribution in [0.25, 0.3) is 6.08 Å². The second kappa shape index (κ2) is 13.5. The SMILES string of the molecule is CCCOc1ccc(CN2C(=O)NC(=O)/C(=C\c3cc(Cl)c(OCc4ccc(Cl)cc4Cl)c(Cl)c3)C2=O)cc1OC. The highest BCUT2D eigenvalue weighted by Gasteiger charge is 2.36. The number of urea groups is 1. The highest BCUT2D eigenvalue weighted by molar-refractivity contribution is 6.38. The van der Waals surface area contributed by atoms with Crippen molar-refractivity contribution in [3.8, 4) is 17.2 Å². The Morgan fingerprint density at radius 2 is 1.61 bits per heavy atom. The molecule has 1 heterocycles. The first-order chi connectivity index (χ1) is 19.6. The zero-order valence-electron chi connectivity index (χ0n) is 21.9. The summed E-state index contributed by atoms with van der Waals surface area (Å²) < 4.78 is 16.8. The Morgan fingerprint density at radius 3 is 2.27 bits per heavy atom. The van der Waals surface area contributed by atoms with Gasteiger partial charge in [0.05, 0.1) is 30.3 Å². The summed E-state index contributed by atoms with van der Waals surface area (Å²) in [7, 11) is 1.50. The van der Waals surface area contributed by atoms with Crippen molar-refractivity contribution < 1.29 is 28.6 Å². The van der Waals surface area contributed by atoms with Gasteiger partial charge in [-0.05, 0) is 60.0 Å². The molecule has 1 aliphatic heterocycles. The van der Waals surface area contributed by atoms with Crippen molar-refractivity contribution in [2.75, 3.05) is 13.7 Å². The predicted octanol–water partition coefficient (Wildman–Crippen LogP) is 7.34. The molecule has 41 heavy (non-hydrogen) atoms. The molecule has 0 aromatic heterocycles. The number of amides is 4. The van der Waals surface area contributed by atoms with Crippen molar-refractivity contribution in [1.29, 1.82) is 0 Å². The van der Waals surface area contributed by atoms with E-state index < -0.39 is 17.8 Å². The van der Waals surface area contributed by atoms with E-state index in [-0.39, 0.29) is 34.5 Å². The fourth-order valence-corrected chi connectivity index (χ4v) is 4.99. The molecule has 3 aromatic rings. The first-order valence-electron chi connectivity index (χ1n) is 12.4. The molecular weight excluding hydrogens is 614 g/mol. The largest absolute Gasteiger partial charge is 0.493 e. The molecule has 1 saturated heterocycles. The molecule has 0 atom stereocenters. The number of methoxy groups -OCH3 is 1. The number of imide groups is 2. The number of rotatable bonds is 10. The van der Waals surface area contributed by atoms with Crippen molar-refractivity contribution in [1.82, 2.24) is 10.2 Å². The van der Waals surface area contributed by atoms with Crippen LogP contribution in [0.4, 0.5) is 4.79 Å². The second-order valence-corrected chi connectivity index (χ2v) is 10.5. The summed E-state index contributed by atoms with van der Waals surface area (Å²) in [5.74, 6) is -0.438. The Kier molecular flexibility index (Phi) is 10.0. The van der Waals surface area contributed by atoms with E-state index in [2.05, 4.69) is 5.32 Å².